The zero-order valence-corrected chi connectivity index (χ0v) is 11.5. The van der Waals surface area contributed by atoms with Crippen molar-refractivity contribution < 1.29 is 4.74 Å². The Bertz CT molecular complexity index is 367. The van der Waals surface area contributed by atoms with E-state index < -0.39 is 0 Å². The molecule has 0 bridgehead atoms. The van der Waals surface area contributed by atoms with Gasteiger partial charge in [0.15, 0.2) is 0 Å². The van der Waals surface area contributed by atoms with Crippen molar-refractivity contribution in [3.05, 3.63) is 29.8 Å². The fraction of sp³-hybridized carbons (Fsp3) is 0.600. The summed E-state index contributed by atoms with van der Waals surface area (Å²) in [6.07, 6.45) is 2.29. The summed E-state index contributed by atoms with van der Waals surface area (Å²) in [6, 6.07) is 8.44. The number of fused-ring (bicyclic) bond motifs is 1. The van der Waals surface area contributed by atoms with Crippen LogP contribution in [0, 0.1) is 5.92 Å². The fourth-order valence-electron chi connectivity index (χ4n) is 2.55. The van der Waals surface area contributed by atoms with E-state index in [1.54, 1.807) is 0 Å². The van der Waals surface area contributed by atoms with Crippen molar-refractivity contribution in [1.82, 2.24) is 10.2 Å². The highest BCUT2D eigenvalue weighted by atomic mass is 16.5. The molecule has 2 rings (SSSR count). The SMILES string of the molecule is CNCCN(C)CC1CCOc2ccccc2C1. The number of nitrogens with one attached hydrogen (secondary N) is 1. The number of para-hydroxylation sites is 1. The van der Waals surface area contributed by atoms with E-state index in [1.807, 2.05) is 7.05 Å². The zero-order chi connectivity index (χ0) is 12.8. The first-order valence-corrected chi connectivity index (χ1v) is 6.83. The van der Waals surface area contributed by atoms with Crippen molar-refractivity contribution in [2.45, 2.75) is 12.8 Å². The summed E-state index contributed by atoms with van der Waals surface area (Å²) in [5, 5.41) is 3.20. The van der Waals surface area contributed by atoms with Crippen molar-refractivity contribution in [2.24, 2.45) is 5.92 Å². The molecule has 1 atom stereocenters. The van der Waals surface area contributed by atoms with Gasteiger partial charge in [-0.05, 0) is 44.5 Å². The largest absolute Gasteiger partial charge is 0.493 e. The summed E-state index contributed by atoms with van der Waals surface area (Å²) in [7, 11) is 4.21. The average Bonchev–Trinajstić information content (AvgIpc) is 2.57. The Kier molecular flexibility index (Phi) is 5.02. The minimum absolute atomic E-state index is 0.704. The fourth-order valence-corrected chi connectivity index (χ4v) is 2.55. The zero-order valence-electron chi connectivity index (χ0n) is 11.5. The summed E-state index contributed by atoms with van der Waals surface area (Å²) in [5.41, 5.74) is 1.36. The Morgan fingerprint density at radius 2 is 2.22 bits per heavy atom. The van der Waals surface area contributed by atoms with Crippen LogP contribution in [0.25, 0.3) is 0 Å². The van der Waals surface area contributed by atoms with Gasteiger partial charge in [-0.25, -0.2) is 0 Å². The van der Waals surface area contributed by atoms with E-state index in [-0.39, 0.29) is 0 Å². The first-order chi connectivity index (χ1) is 8.79. The summed E-state index contributed by atoms with van der Waals surface area (Å²) in [6.45, 7) is 4.16. The van der Waals surface area contributed by atoms with Crippen molar-refractivity contribution in [3.63, 3.8) is 0 Å². The molecule has 1 aliphatic rings. The molecule has 1 aromatic rings. The number of hydrogen-bond acceptors (Lipinski definition) is 3. The molecule has 0 radical (unpaired) electrons. The van der Waals surface area contributed by atoms with E-state index >= 15 is 0 Å². The van der Waals surface area contributed by atoms with Crippen LogP contribution in [0.4, 0.5) is 0 Å². The van der Waals surface area contributed by atoms with E-state index in [1.165, 1.54) is 5.56 Å². The number of hydrogen-bond donors (Lipinski definition) is 1. The minimum atomic E-state index is 0.704. The summed E-state index contributed by atoms with van der Waals surface area (Å²) < 4.78 is 5.81. The third-order valence-corrected chi connectivity index (χ3v) is 3.58. The van der Waals surface area contributed by atoms with E-state index in [2.05, 4.69) is 41.5 Å². The maximum Gasteiger partial charge on any atom is 0.122 e. The molecule has 18 heavy (non-hydrogen) atoms. The predicted molar refractivity (Wildman–Crippen MR) is 75.2 cm³/mol. The second-order valence-electron chi connectivity index (χ2n) is 5.18. The molecule has 1 unspecified atom stereocenters. The van der Waals surface area contributed by atoms with Crippen LogP contribution in [-0.4, -0.2) is 45.2 Å². The Hall–Kier alpha value is -1.06. The van der Waals surface area contributed by atoms with Gasteiger partial charge in [-0.1, -0.05) is 18.2 Å². The van der Waals surface area contributed by atoms with Crippen LogP contribution in [-0.2, 0) is 6.42 Å². The summed E-state index contributed by atoms with van der Waals surface area (Å²) in [4.78, 5) is 2.41. The first-order valence-electron chi connectivity index (χ1n) is 6.83. The summed E-state index contributed by atoms with van der Waals surface area (Å²) in [5.74, 6) is 1.79. The molecule has 1 heterocycles. The molecule has 1 aromatic carbocycles. The van der Waals surface area contributed by atoms with Gasteiger partial charge in [-0.2, -0.15) is 0 Å². The molecule has 100 valence electrons. The molecule has 0 aromatic heterocycles. The lowest BCUT2D eigenvalue weighted by atomic mass is 9.96. The lowest BCUT2D eigenvalue weighted by molar-refractivity contribution is 0.240. The Labute approximate surface area is 110 Å². The van der Waals surface area contributed by atoms with E-state index in [0.717, 1.165) is 44.8 Å². The van der Waals surface area contributed by atoms with Crippen molar-refractivity contribution in [1.29, 1.82) is 0 Å². The predicted octanol–water partition coefficient (Wildman–Crippen LogP) is 1.78. The topological polar surface area (TPSA) is 24.5 Å². The van der Waals surface area contributed by atoms with Crippen LogP contribution in [0.15, 0.2) is 24.3 Å². The third-order valence-electron chi connectivity index (χ3n) is 3.58. The van der Waals surface area contributed by atoms with E-state index in [4.69, 9.17) is 4.74 Å². The van der Waals surface area contributed by atoms with Crippen LogP contribution in [0.2, 0.25) is 0 Å². The molecule has 0 spiro atoms. The van der Waals surface area contributed by atoms with Gasteiger partial charge in [0.2, 0.25) is 0 Å². The van der Waals surface area contributed by atoms with Gasteiger partial charge in [-0.15, -0.1) is 0 Å². The number of nitrogens with zero attached hydrogens (tertiary/aromatic N) is 1. The van der Waals surface area contributed by atoms with Crippen LogP contribution in [0.1, 0.15) is 12.0 Å². The monoisotopic (exact) mass is 248 g/mol. The van der Waals surface area contributed by atoms with Crippen LogP contribution >= 0.6 is 0 Å². The number of rotatable bonds is 5. The molecule has 0 fully saturated rings. The number of likely N-dealkylation sites (N-methyl/N-ethyl adjacent to an activating group) is 2. The Balaban J connectivity index is 1.91. The first kappa shape index (κ1) is 13.4. The Morgan fingerprint density at radius 1 is 1.39 bits per heavy atom. The van der Waals surface area contributed by atoms with Crippen LogP contribution < -0.4 is 10.1 Å². The highest BCUT2D eigenvalue weighted by molar-refractivity contribution is 5.34. The normalized spacial score (nSPS) is 19.2. The number of ether oxygens (including phenoxy) is 1. The van der Waals surface area contributed by atoms with Crippen molar-refractivity contribution in [2.75, 3.05) is 40.3 Å². The quantitative estimate of drug-likeness (QED) is 0.859. The number of benzene rings is 1. The van der Waals surface area contributed by atoms with Gasteiger partial charge in [0.05, 0.1) is 6.61 Å². The van der Waals surface area contributed by atoms with Gasteiger partial charge in [0.1, 0.15) is 5.75 Å². The second-order valence-corrected chi connectivity index (χ2v) is 5.18. The lowest BCUT2D eigenvalue weighted by Gasteiger charge is -2.22. The standard InChI is InChI=1S/C15H24N2O/c1-16-8-9-17(2)12-13-7-10-18-15-6-4-3-5-14(15)11-13/h3-6,13,16H,7-12H2,1-2H3. The lowest BCUT2D eigenvalue weighted by Crippen LogP contribution is -2.32. The molecule has 0 saturated carbocycles. The maximum atomic E-state index is 5.81. The molecular formula is C15H24N2O. The molecular weight excluding hydrogens is 224 g/mol. The van der Waals surface area contributed by atoms with Crippen LogP contribution in [0.3, 0.4) is 0 Å². The van der Waals surface area contributed by atoms with Crippen molar-refractivity contribution in [3.8, 4) is 5.75 Å². The van der Waals surface area contributed by atoms with Gasteiger partial charge < -0.3 is 15.0 Å². The molecule has 0 saturated heterocycles. The van der Waals surface area contributed by atoms with E-state index in [9.17, 15) is 0 Å². The molecule has 1 aliphatic heterocycles. The van der Waals surface area contributed by atoms with Gasteiger partial charge >= 0.3 is 0 Å². The van der Waals surface area contributed by atoms with Crippen LogP contribution in [0.5, 0.6) is 5.75 Å². The smallest absolute Gasteiger partial charge is 0.122 e. The van der Waals surface area contributed by atoms with E-state index in [0.29, 0.717) is 5.92 Å². The highest BCUT2D eigenvalue weighted by Gasteiger charge is 2.18. The van der Waals surface area contributed by atoms with Gasteiger partial charge in [0.25, 0.3) is 0 Å². The summed E-state index contributed by atoms with van der Waals surface area (Å²) >= 11 is 0. The molecule has 1 N–H and O–H groups in total. The second kappa shape index (κ2) is 6.76. The van der Waals surface area contributed by atoms with Gasteiger partial charge in [-0.3, -0.25) is 0 Å². The van der Waals surface area contributed by atoms with Crippen molar-refractivity contribution >= 4 is 0 Å². The minimum Gasteiger partial charge on any atom is -0.493 e. The Morgan fingerprint density at radius 3 is 3.06 bits per heavy atom. The highest BCUT2D eigenvalue weighted by Crippen LogP contribution is 2.26. The van der Waals surface area contributed by atoms with Gasteiger partial charge in [0, 0.05) is 19.6 Å². The maximum absolute atomic E-state index is 5.81. The molecule has 3 heteroatoms. The molecule has 0 aliphatic carbocycles. The molecule has 3 nitrogen and oxygen atoms in total. The average molecular weight is 248 g/mol. The molecule has 0 amide bonds. The third kappa shape index (κ3) is 3.72.